The fourth-order valence-corrected chi connectivity index (χ4v) is 3.30. The van der Waals surface area contributed by atoms with Crippen LogP contribution in [0.2, 0.25) is 0 Å². The Morgan fingerprint density at radius 2 is 1.72 bits per heavy atom. The third kappa shape index (κ3) is 3.93. The van der Waals surface area contributed by atoms with Gasteiger partial charge in [0.1, 0.15) is 0 Å². The second-order valence-corrected chi connectivity index (χ2v) is 6.59. The number of hydrogen-bond acceptors (Lipinski definition) is 4. The molecule has 0 bridgehead atoms. The first-order valence-corrected chi connectivity index (χ1v) is 9.17. The van der Waals surface area contributed by atoms with Gasteiger partial charge in [-0.3, -0.25) is 4.98 Å². The molecule has 0 aliphatic rings. The van der Waals surface area contributed by atoms with Crippen LogP contribution in [0.1, 0.15) is 11.3 Å². The smallest absolute Gasteiger partial charge is 0.404 e. The van der Waals surface area contributed by atoms with E-state index in [1.54, 1.807) is 6.20 Å². The van der Waals surface area contributed by atoms with E-state index >= 15 is 0 Å². The number of rotatable bonds is 5. The first-order valence-electron chi connectivity index (χ1n) is 9.17. The van der Waals surface area contributed by atoms with Gasteiger partial charge in [-0.25, -0.2) is 9.78 Å². The van der Waals surface area contributed by atoms with Gasteiger partial charge in [-0.05, 0) is 23.3 Å². The lowest BCUT2D eigenvalue weighted by Crippen LogP contribution is -2.19. The van der Waals surface area contributed by atoms with Gasteiger partial charge in [-0.15, -0.1) is 0 Å². The van der Waals surface area contributed by atoms with Gasteiger partial charge >= 0.3 is 6.09 Å². The van der Waals surface area contributed by atoms with E-state index in [4.69, 9.17) is 10.1 Å². The van der Waals surface area contributed by atoms with Crippen LogP contribution in [-0.2, 0) is 13.2 Å². The summed E-state index contributed by atoms with van der Waals surface area (Å²) in [5, 5.41) is 21.6. The highest BCUT2D eigenvalue weighted by Crippen LogP contribution is 2.34. The number of carboxylic acid groups (broad SMARTS) is 1. The number of pyridine rings is 2. The maximum atomic E-state index is 10.7. The summed E-state index contributed by atoms with van der Waals surface area (Å²) in [6.07, 6.45) is 0.595. The van der Waals surface area contributed by atoms with Crippen LogP contribution in [0, 0.1) is 0 Å². The van der Waals surface area contributed by atoms with Crippen molar-refractivity contribution in [3.8, 4) is 22.4 Å². The van der Waals surface area contributed by atoms with E-state index in [-0.39, 0.29) is 13.2 Å². The van der Waals surface area contributed by atoms with Crippen LogP contribution in [0.4, 0.5) is 4.79 Å². The Morgan fingerprint density at radius 1 is 0.966 bits per heavy atom. The Balaban J connectivity index is 1.85. The summed E-state index contributed by atoms with van der Waals surface area (Å²) in [6, 6.07) is 21.4. The summed E-state index contributed by atoms with van der Waals surface area (Å²) < 4.78 is 0. The maximum absolute atomic E-state index is 10.7. The number of aliphatic hydroxyl groups excluding tert-OH is 1. The molecule has 0 radical (unpaired) electrons. The van der Waals surface area contributed by atoms with Crippen LogP contribution in [0.3, 0.4) is 0 Å². The van der Waals surface area contributed by atoms with E-state index in [1.807, 2.05) is 66.7 Å². The van der Waals surface area contributed by atoms with Crippen LogP contribution in [0.25, 0.3) is 33.3 Å². The number of hydrogen-bond donors (Lipinski definition) is 3. The standard InChI is InChI=1S/C23H19N3O3/c27-14-21-19-12-18(16-4-2-1-3-5-16)22(26-20(19)10-11-24-21)17-8-6-15(7-9-17)13-25-23(28)29/h1-12,25,27H,13-14H2,(H,28,29). The highest BCUT2D eigenvalue weighted by Gasteiger charge is 2.13. The van der Waals surface area contributed by atoms with Gasteiger partial charge in [0.15, 0.2) is 0 Å². The first-order chi connectivity index (χ1) is 14.2. The number of nitrogens with one attached hydrogen (secondary N) is 1. The van der Waals surface area contributed by atoms with Crippen molar-refractivity contribution in [1.29, 1.82) is 0 Å². The lowest BCUT2D eigenvalue weighted by atomic mass is 9.96. The Morgan fingerprint density at radius 3 is 2.41 bits per heavy atom. The summed E-state index contributed by atoms with van der Waals surface area (Å²) in [7, 11) is 0. The molecule has 0 saturated carbocycles. The predicted molar refractivity (Wildman–Crippen MR) is 111 cm³/mol. The average molecular weight is 385 g/mol. The number of aromatic nitrogens is 2. The summed E-state index contributed by atoms with van der Waals surface area (Å²) in [6.45, 7) is 0.0930. The van der Waals surface area contributed by atoms with E-state index in [0.29, 0.717) is 5.69 Å². The zero-order valence-electron chi connectivity index (χ0n) is 15.5. The molecule has 144 valence electrons. The zero-order chi connectivity index (χ0) is 20.2. The van der Waals surface area contributed by atoms with E-state index < -0.39 is 6.09 Å². The van der Waals surface area contributed by atoms with E-state index in [2.05, 4.69) is 10.3 Å². The molecule has 0 aliphatic heterocycles. The number of amides is 1. The minimum Gasteiger partial charge on any atom is -0.465 e. The fourth-order valence-electron chi connectivity index (χ4n) is 3.30. The molecule has 0 atom stereocenters. The topological polar surface area (TPSA) is 95.3 Å². The molecule has 29 heavy (non-hydrogen) atoms. The molecule has 1 amide bonds. The van der Waals surface area contributed by atoms with Crippen molar-refractivity contribution in [1.82, 2.24) is 15.3 Å². The second kappa shape index (κ2) is 8.08. The number of fused-ring (bicyclic) bond motifs is 1. The highest BCUT2D eigenvalue weighted by molar-refractivity contribution is 5.92. The van der Waals surface area contributed by atoms with Gasteiger partial charge in [0.25, 0.3) is 0 Å². The van der Waals surface area contributed by atoms with Crippen molar-refractivity contribution in [3.05, 3.63) is 84.2 Å². The van der Waals surface area contributed by atoms with Crippen LogP contribution < -0.4 is 5.32 Å². The van der Waals surface area contributed by atoms with Crippen molar-refractivity contribution in [2.24, 2.45) is 0 Å². The molecule has 2 aromatic heterocycles. The van der Waals surface area contributed by atoms with Crippen LogP contribution in [-0.4, -0.2) is 26.3 Å². The molecular formula is C23H19N3O3. The molecule has 4 aromatic rings. The SMILES string of the molecule is O=C(O)NCc1ccc(-c2nc3ccnc(CO)c3cc2-c2ccccc2)cc1. The van der Waals surface area contributed by atoms with E-state index in [9.17, 15) is 9.90 Å². The Labute approximate surface area is 167 Å². The quantitative estimate of drug-likeness (QED) is 0.478. The van der Waals surface area contributed by atoms with Gasteiger partial charge in [-0.1, -0.05) is 54.6 Å². The van der Waals surface area contributed by atoms with E-state index in [1.165, 1.54) is 0 Å². The van der Waals surface area contributed by atoms with E-state index in [0.717, 1.165) is 38.9 Å². The molecule has 0 unspecified atom stereocenters. The lowest BCUT2D eigenvalue weighted by molar-refractivity contribution is 0.194. The maximum Gasteiger partial charge on any atom is 0.404 e. The third-order valence-electron chi connectivity index (χ3n) is 4.73. The normalized spacial score (nSPS) is 10.8. The molecule has 3 N–H and O–H groups in total. The Hall–Kier alpha value is -3.77. The highest BCUT2D eigenvalue weighted by atomic mass is 16.4. The van der Waals surface area contributed by atoms with Crippen molar-refractivity contribution < 1.29 is 15.0 Å². The molecule has 4 rings (SSSR count). The van der Waals surface area contributed by atoms with Crippen molar-refractivity contribution in [3.63, 3.8) is 0 Å². The summed E-state index contributed by atoms with van der Waals surface area (Å²) in [5.41, 5.74) is 5.91. The minimum absolute atomic E-state index is 0.155. The van der Waals surface area contributed by atoms with Gasteiger partial charge in [0.2, 0.25) is 0 Å². The number of carbonyl (C=O) groups is 1. The molecule has 0 saturated heterocycles. The summed E-state index contributed by atoms with van der Waals surface area (Å²) in [4.78, 5) is 19.8. The van der Waals surface area contributed by atoms with Crippen LogP contribution in [0.15, 0.2) is 72.9 Å². The predicted octanol–water partition coefficient (Wildman–Crippen LogP) is 4.22. The molecule has 2 heterocycles. The largest absolute Gasteiger partial charge is 0.465 e. The Kier molecular flexibility index (Phi) is 5.18. The Bertz CT molecular complexity index is 1160. The second-order valence-electron chi connectivity index (χ2n) is 6.59. The number of aliphatic hydroxyl groups is 1. The van der Waals surface area contributed by atoms with Crippen molar-refractivity contribution >= 4 is 17.0 Å². The third-order valence-corrected chi connectivity index (χ3v) is 4.73. The molecule has 6 heteroatoms. The van der Waals surface area contributed by atoms with Crippen molar-refractivity contribution in [2.75, 3.05) is 0 Å². The zero-order valence-corrected chi connectivity index (χ0v) is 15.5. The summed E-state index contributed by atoms with van der Waals surface area (Å²) >= 11 is 0. The van der Waals surface area contributed by atoms with Crippen LogP contribution in [0.5, 0.6) is 0 Å². The lowest BCUT2D eigenvalue weighted by Gasteiger charge is -2.13. The molecule has 0 fully saturated rings. The summed E-state index contributed by atoms with van der Waals surface area (Å²) in [5.74, 6) is 0. The number of nitrogens with zero attached hydrogens (tertiary/aromatic N) is 2. The van der Waals surface area contributed by atoms with Crippen molar-refractivity contribution in [2.45, 2.75) is 13.2 Å². The minimum atomic E-state index is -1.05. The molecule has 0 spiro atoms. The molecular weight excluding hydrogens is 366 g/mol. The van der Waals surface area contributed by atoms with Gasteiger partial charge < -0.3 is 15.5 Å². The monoisotopic (exact) mass is 385 g/mol. The van der Waals surface area contributed by atoms with Gasteiger partial charge in [-0.2, -0.15) is 0 Å². The molecule has 6 nitrogen and oxygen atoms in total. The fraction of sp³-hybridized carbons (Fsp3) is 0.0870. The van der Waals surface area contributed by atoms with Gasteiger partial charge in [0.05, 0.1) is 23.5 Å². The van der Waals surface area contributed by atoms with Gasteiger partial charge in [0, 0.05) is 29.3 Å². The average Bonchev–Trinajstić information content (AvgIpc) is 2.77. The molecule has 2 aromatic carbocycles. The number of benzene rings is 2. The first kappa shape index (κ1) is 18.6. The van der Waals surface area contributed by atoms with Crippen LogP contribution >= 0.6 is 0 Å². The molecule has 0 aliphatic carbocycles.